The molecule has 7 heteroatoms. The third-order valence-electron chi connectivity index (χ3n) is 4.69. The van der Waals surface area contributed by atoms with Gasteiger partial charge in [0, 0.05) is 18.0 Å². The summed E-state index contributed by atoms with van der Waals surface area (Å²) in [5.41, 5.74) is 3.58. The largest absolute Gasteiger partial charge is 0.448 e. The highest BCUT2D eigenvalue weighted by atomic mass is 32.1. The zero-order valence-electron chi connectivity index (χ0n) is 14.3. The number of fused-ring (bicyclic) bond motifs is 3. The van der Waals surface area contributed by atoms with E-state index in [4.69, 9.17) is 4.74 Å². The summed E-state index contributed by atoms with van der Waals surface area (Å²) >= 11 is 1.39. The van der Waals surface area contributed by atoms with Gasteiger partial charge in [-0.05, 0) is 42.5 Å². The molecule has 6 nitrogen and oxygen atoms in total. The molecule has 1 aliphatic heterocycles. The van der Waals surface area contributed by atoms with Crippen molar-refractivity contribution in [3.8, 4) is 10.4 Å². The molecular formula is C19H18N2O4S. The average molecular weight is 370 g/mol. The Morgan fingerprint density at radius 1 is 1.23 bits per heavy atom. The number of esters is 1. The average Bonchev–Trinajstić information content (AvgIpc) is 3.27. The van der Waals surface area contributed by atoms with E-state index in [0.717, 1.165) is 33.7 Å². The number of ether oxygens (including phenoxy) is 1. The minimum Gasteiger partial charge on any atom is -0.448 e. The molecule has 2 heterocycles. The summed E-state index contributed by atoms with van der Waals surface area (Å²) in [5.74, 6) is -1.03. The van der Waals surface area contributed by atoms with Crippen LogP contribution in [0.3, 0.4) is 0 Å². The van der Waals surface area contributed by atoms with Crippen LogP contribution in [0.2, 0.25) is 0 Å². The topological polar surface area (TPSA) is 75.7 Å². The molecule has 0 bridgehead atoms. The third kappa shape index (κ3) is 2.88. The van der Waals surface area contributed by atoms with E-state index >= 15 is 0 Å². The smallest absolute Gasteiger partial charge is 0.349 e. The monoisotopic (exact) mass is 370 g/mol. The lowest BCUT2D eigenvalue weighted by molar-refractivity contribution is -0.135. The number of nitrogens with zero attached hydrogens (tertiary/aromatic N) is 1. The van der Waals surface area contributed by atoms with Gasteiger partial charge in [-0.15, -0.1) is 11.3 Å². The number of aryl methyl sites for hydroxylation is 2. The van der Waals surface area contributed by atoms with Gasteiger partial charge < -0.3 is 10.1 Å². The van der Waals surface area contributed by atoms with Crippen molar-refractivity contribution in [2.75, 3.05) is 13.1 Å². The van der Waals surface area contributed by atoms with Crippen LogP contribution in [0.1, 0.15) is 27.7 Å². The molecule has 1 fully saturated rings. The van der Waals surface area contributed by atoms with Crippen LogP contribution in [0, 0.1) is 0 Å². The van der Waals surface area contributed by atoms with Crippen molar-refractivity contribution in [1.29, 1.82) is 0 Å². The molecule has 0 radical (unpaired) electrons. The van der Waals surface area contributed by atoms with Crippen LogP contribution >= 0.6 is 11.3 Å². The lowest BCUT2D eigenvalue weighted by Crippen LogP contribution is -2.41. The number of imide groups is 1. The first-order valence-electron chi connectivity index (χ1n) is 8.56. The summed E-state index contributed by atoms with van der Waals surface area (Å²) in [5, 5.41) is 2.56. The predicted molar refractivity (Wildman–Crippen MR) is 97.2 cm³/mol. The summed E-state index contributed by atoms with van der Waals surface area (Å²) in [6.07, 6.45) is 0.837. The van der Waals surface area contributed by atoms with Crippen LogP contribution in [0.4, 0.5) is 4.79 Å². The molecule has 1 saturated heterocycles. The number of hydrogen-bond acceptors (Lipinski definition) is 5. The van der Waals surface area contributed by atoms with Crippen LogP contribution in [-0.2, 0) is 22.4 Å². The Bertz CT molecular complexity index is 905. The summed E-state index contributed by atoms with van der Waals surface area (Å²) in [4.78, 5) is 39.0. The molecule has 0 unspecified atom stereocenters. The minimum absolute atomic E-state index is 0.295. The van der Waals surface area contributed by atoms with E-state index < -0.39 is 24.0 Å². The molecule has 1 aromatic heterocycles. The minimum atomic E-state index is -1.00. The second kappa shape index (κ2) is 6.57. The van der Waals surface area contributed by atoms with Crippen LogP contribution in [0.5, 0.6) is 0 Å². The Balaban J connectivity index is 1.51. The summed E-state index contributed by atoms with van der Waals surface area (Å²) in [6, 6.07) is 9.61. The first-order valence-corrected chi connectivity index (χ1v) is 9.37. The Morgan fingerprint density at radius 3 is 2.77 bits per heavy atom. The number of carbonyl (C=O) groups excluding carboxylic acids is 3. The van der Waals surface area contributed by atoms with E-state index in [2.05, 4.69) is 17.4 Å². The van der Waals surface area contributed by atoms with E-state index in [9.17, 15) is 14.4 Å². The van der Waals surface area contributed by atoms with Crippen molar-refractivity contribution in [2.24, 2.45) is 0 Å². The van der Waals surface area contributed by atoms with Crippen molar-refractivity contribution < 1.29 is 19.1 Å². The first kappa shape index (κ1) is 16.8. The Morgan fingerprint density at radius 2 is 2.00 bits per heavy atom. The SMILES string of the molecule is C[C@H](OC(=O)c1cc2c(s1)-c1ccccc1CC2)C(=O)N1CCNC1=O. The zero-order valence-corrected chi connectivity index (χ0v) is 15.1. The van der Waals surface area contributed by atoms with Gasteiger partial charge in [-0.1, -0.05) is 24.3 Å². The van der Waals surface area contributed by atoms with Gasteiger partial charge in [-0.25, -0.2) is 9.59 Å². The van der Waals surface area contributed by atoms with Gasteiger partial charge in [0.05, 0.1) is 0 Å². The van der Waals surface area contributed by atoms with Gasteiger partial charge in [-0.2, -0.15) is 0 Å². The van der Waals surface area contributed by atoms with E-state index in [0.29, 0.717) is 18.0 Å². The number of benzene rings is 1. The standard InChI is InChI=1S/C19H18N2O4S/c1-11(17(22)21-9-8-20-19(21)24)25-18(23)15-10-13-7-6-12-4-2-3-5-14(12)16(13)26-15/h2-5,10-11H,6-9H2,1H3,(H,20,24)/t11-/m0/s1. The van der Waals surface area contributed by atoms with Gasteiger partial charge in [0.1, 0.15) is 4.88 Å². The third-order valence-corrected chi connectivity index (χ3v) is 5.88. The highest BCUT2D eigenvalue weighted by Crippen LogP contribution is 2.39. The molecule has 0 spiro atoms. The van der Waals surface area contributed by atoms with Crippen LogP contribution in [-0.4, -0.2) is 42.0 Å². The maximum atomic E-state index is 12.5. The number of carbonyl (C=O) groups is 3. The maximum Gasteiger partial charge on any atom is 0.349 e. The van der Waals surface area contributed by atoms with Gasteiger partial charge >= 0.3 is 12.0 Å². The quantitative estimate of drug-likeness (QED) is 0.843. The molecule has 3 amide bonds. The first-order chi connectivity index (χ1) is 12.5. The Kier molecular flexibility index (Phi) is 4.24. The molecular weight excluding hydrogens is 352 g/mol. The van der Waals surface area contributed by atoms with Gasteiger partial charge in [0.15, 0.2) is 6.10 Å². The van der Waals surface area contributed by atoms with Crippen molar-refractivity contribution in [3.63, 3.8) is 0 Å². The van der Waals surface area contributed by atoms with Crippen molar-refractivity contribution in [3.05, 3.63) is 46.3 Å². The van der Waals surface area contributed by atoms with E-state index in [-0.39, 0.29) is 0 Å². The molecule has 134 valence electrons. The molecule has 1 aliphatic carbocycles. The van der Waals surface area contributed by atoms with E-state index in [1.807, 2.05) is 18.2 Å². The fourth-order valence-corrected chi connectivity index (χ4v) is 4.50. The highest BCUT2D eigenvalue weighted by molar-refractivity contribution is 7.17. The van der Waals surface area contributed by atoms with Gasteiger partial charge in [0.2, 0.25) is 0 Å². The van der Waals surface area contributed by atoms with Crippen molar-refractivity contribution >= 4 is 29.2 Å². The molecule has 2 aliphatic rings. The lowest BCUT2D eigenvalue weighted by atomic mass is 9.91. The molecule has 1 N–H and O–H groups in total. The highest BCUT2D eigenvalue weighted by Gasteiger charge is 2.32. The fraction of sp³-hybridized carbons (Fsp3) is 0.316. The number of amides is 3. The summed E-state index contributed by atoms with van der Waals surface area (Å²) in [6.45, 7) is 2.21. The number of urea groups is 1. The summed E-state index contributed by atoms with van der Waals surface area (Å²) < 4.78 is 5.32. The van der Waals surface area contributed by atoms with Gasteiger partial charge in [-0.3, -0.25) is 9.69 Å². The second-order valence-electron chi connectivity index (χ2n) is 6.39. The molecule has 26 heavy (non-hydrogen) atoms. The lowest BCUT2D eigenvalue weighted by Gasteiger charge is -2.17. The van der Waals surface area contributed by atoms with Gasteiger partial charge in [0.25, 0.3) is 5.91 Å². The molecule has 1 aromatic carbocycles. The van der Waals surface area contributed by atoms with Crippen molar-refractivity contribution in [2.45, 2.75) is 25.9 Å². The Labute approximate surface area is 154 Å². The summed E-state index contributed by atoms with van der Waals surface area (Å²) in [7, 11) is 0. The predicted octanol–water partition coefficient (Wildman–Crippen LogP) is 2.61. The number of hydrogen-bond donors (Lipinski definition) is 1. The van der Waals surface area contributed by atoms with Crippen LogP contribution in [0.25, 0.3) is 10.4 Å². The maximum absolute atomic E-state index is 12.5. The van der Waals surface area contributed by atoms with E-state index in [1.165, 1.54) is 23.8 Å². The normalized spacial score (nSPS) is 16.5. The fourth-order valence-electron chi connectivity index (χ4n) is 3.34. The number of rotatable bonds is 3. The van der Waals surface area contributed by atoms with Crippen molar-refractivity contribution in [1.82, 2.24) is 10.2 Å². The molecule has 2 aromatic rings. The zero-order chi connectivity index (χ0) is 18.3. The van der Waals surface area contributed by atoms with Crippen LogP contribution < -0.4 is 5.32 Å². The Hall–Kier alpha value is -2.67. The van der Waals surface area contributed by atoms with Crippen LogP contribution in [0.15, 0.2) is 30.3 Å². The number of nitrogens with one attached hydrogen (secondary N) is 1. The molecule has 1 atom stereocenters. The second-order valence-corrected chi connectivity index (χ2v) is 7.44. The van der Waals surface area contributed by atoms with E-state index in [1.54, 1.807) is 0 Å². The number of thiophene rings is 1. The molecule has 4 rings (SSSR count). The molecule has 0 saturated carbocycles.